The normalized spacial score (nSPS) is 12.2. The van der Waals surface area contributed by atoms with Gasteiger partial charge < -0.3 is 25.3 Å². The van der Waals surface area contributed by atoms with Crippen LogP contribution in [-0.2, 0) is 31.1 Å². The fourth-order valence-electron chi connectivity index (χ4n) is 4.36. The maximum atomic E-state index is 13.2. The fourth-order valence-corrected chi connectivity index (χ4v) is 4.36. The maximum Gasteiger partial charge on any atom is 0.340 e. The van der Waals surface area contributed by atoms with Gasteiger partial charge in [-0.15, -0.1) is 5.10 Å². The number of carboxylic acids is 2. The Hall–Kier alpha value is -4.55. The highest BCUT2D eigenvalue weighted by Gasteiger charge is 2.34. The summed E-state index contributed by atoms with van der Waals surface area (Å²) >= 11 is 0. The molecule has 13 heteroatoms. The molecule has 2 heterocycles. The first kappa shape index (κ1) is 28.0. The third-order valence-corrected chi connectivity index (χ3v) is 6.50. The van der Waals surface area contributed by atoms with E-state index in [0.717, 1.165) is 4.68 Å². The Kier molecular flexibility index (Phi) is 8.29. The average molecular weight is 528 g/mol. The van der Waals surface area contributed by atoms with Gasteiger partial charge in [-0.1, -0.05) is 19.1 Å². The lowest BCUT2D eigenvalue weighted by Crippen LogP contribution is -2.44. The molecule has 0 spiro atoms. The minimum atomic E-state index is -1.28. The molecule has 0 aliphatic carbocycles. The molecule has 1 unspecified atom stereocenters. The first-order chi connectivity index (χ1) is 17.9. The molecule has 2 aromatic heterocycles. The van der Waals surface area contributed by atoms with Crippen molar-refractivity contribution in [3.05, 3.63) is 51.6 Å². The molecule has 3 aromatic rings. The highest BCUT2D eigenvalue weighted by atomic mass is 16.4. The van der Waals surface area contributed by atoms with Gasteiger partial charge in [0.25, 0.3) is 0 Å². The van der Waals surface area contributed by atoms with Crippen molar-refractivity contribution < 1.29 is 33.8 Å². The minimum absolute atomic E-state index is 0.0276. The van der Waals surface area contributed by atoms with Crippen molar-refractivity contribution in [2.45, 2.75) is 65.0 Å². The van der Waals surface area contributed by atoms with E-state index in [1.54, 1.807) is 13.0 Å². The number of nitrogens with zero attached hydrogens (tertiary/aromatic N) is 3. The first-order valence-electron chi connectivity index (χ1n) is 11.9. The van der Waals surface area contributed by atoms with Crippen LogP contribution in [0.3, 0.4) is 0 Å². The van der Waals surface area contributed by atoms with Crippen LogP contribution < -0.4 is 16.3 Å². The Morgan fingerprint density at radius 1 is 1.13 bits per heavy atom. The van der Waals surface area contributed by atoms with Crippen LogP contribution in [0.5, 0.6) is 0 Å². The molecule has 0 aliphatic heterocycles. The number of nitrogens with one attached hydrogen (secondary N) is 2. The number of rotatable bonds is 11. The van der Waals surface area contributed by atoms with E-state index in [4.69, 9.17) is 9.52 Å². The van der Waals surface area contributed by atoms with Crippen LogP contribution in [0.4, 0.5) is 5.69 Å². The third kappa shape index (κ3) is 5.88. The molecule has 0 saturated heterocycles. The Bertz CT molecular complexity index is 1450. The second-order valence-corrected chi connectivity index (χ2v) is 8.93. The number of aryl methyl sites for hydroxylation is 1. The lowest BCUT2D eigenvalue weighted by molar-refractivity contribution is -0.140. The van der Waals surface area contributed by atoms with Gasteiger partial charge in [0.05, 0.1) is 30.1 Å². The highest BCUT2D eigenvalue weighted by molar-refractivity contribution is 5.97. The highest BCUT2D eigenvalue weighted by Crippen LogP contribution is 2.28. The van der Waals surface area contributed by atoms with E-state index >= 15 is 0 Å². The fraction of sp³-hybridized carbons (Fsp3) is 0.400. The lowest BCUT2D eigenvalue weighted by atomic mass is 9.89. The van der Waals surface area contributed by atoms with Crippen molar-refractivity contribution in [3.63, 3.8) is 0 Å². The van der Waals surface area contributed by atoms with Crippen molar-refractivity contribution >= 4 is 40.4 Å². The number of carboxylic acid groups (broad SMARTS) is 2. The molecule has 202 valence electrons. The predicted molar refractivity (Wildman–Crippen MR) is 135 cm³/mol. The van der Waals surface area contributed by atoms with Crippen LogP contribution in [0.15, 0.2) is 33.6 Å². The number of hydrogen-bond acceptors (Lipinski definition) is 8. The summed E-state index contributed by atoms with van der Waals surface area (Å²) in [6.45, 7) is 6.72. The largest absolute Gasteiger partial charge is 0.481 e. The Labute approximate surface area is 216 Å². The van der Waals surface area contributed by atoms with E-state index in [1.807, 2.05) is 13.8 Å². The van der Waals surface area contributed by atoms with Crippen molar-refractivity contribution in [3.8, 4) is 0 Å². The predicted octanol–water partition coefficient (Wildman–Crippen LogP) is 2.13. The molecule has 0 radical (unpaired) electrons. The summed E-state index contributed by atoms with van der Waals surface area (Å²) in [6, 6.07) is 3.21. The summed E-state index contributed by atoms with van der Waals surface area (Å²) in [5.41, 5.74) is -0.411. The van der Waals surface area contributed by atoms with E-state index in [9.17, 15) is 29.1 Å². The van der Waals surface area contributed by atoms with Crippen LogP contribution in [-0.4, -0.2) is 49.0 Å². The molecule has 0 fully saturated rings. The van der Waals surface area contributed by atoms with Gasteiger partial charge in [0.15, 0.2) is 0 Å². The Balaban J connectivity index is 1.94. The second-order valence-electron chi connectivity index (χ2n) is 8.93. The monoisotopic (exact) mass is 527 g/mol. The molecule has 13 nitrogen and oxygen atoms in total. The van der Waals surface area contributed by atoms with Gasteiger partial charge in [-0.3, -0.25) is 19.2 Å². The van der Waals surface area contributed by atoms with Crippen LogP contribution >= 0.6 is 0 Å². The summed E-state index contributed by atoms with van der Waals surface area (Å²) in [4.78, 5) is 59.9. The molecule has 0 aliphatic rings. The van der Waals surface area contributed by atoms with Crippen molar-refractivity contribution in [2.75, 3.05) is 5.32 Å². The lowest BCUT2D eigenvalue weighted by Gasteiger charge is -2.30. The zero-order valence-electron chi connectivity index (χ0n) is 21.4. The smallest absolute Gasteiger partial charge is 0.340 e. The summed E-state index contributed by atoms with van der Waals surface area (Å²) in [5, 5.41) is 32.6. The molecular formula is C25H29N5O8. The van der Waals surface area contributed by atoms with Gasteiger partial charge in [0.2, 0.25) is 11.8 Å². The van der Waals surface area contributed by atoms with E-state index in [2.05, 4.69) is 20.9 Å². The SMILES string of the molecule is CCC(CC)(NC(C)=O)c1cn(C(CC(=O)O)C(=O)Nc2ccc3c(C)c(CC(=O)O)c(=O)oc3c2)nn1. The third-order valence-electron chi connectivity index (χ3n) is 6.50. The van der Waals surface area contributed by atoms with Crippen molar-refractivity contribution in [2.24, 2.45) is 0 Å². The van der Waals surface area contributed by atoms with Crippen LogP contribution in [0.25, 0.3) is 11.0 Å². The van der Waals surface area contributed by atoms with Gasteiger partial charge >= 0.3 is 17.6 Å². The molecule has 3 rings (SSSR count). The van der Waals surface area contributed by atoms with Crippen molar-refractivity contribution in [1.82, 2.24) is 20.3 Å². The average Bonchev–Trinajstić information content (AvgIpc) is 3.33. The number of benzene rings is 1. The summed E-state index contributed by atoms with van der Waals surface area (Å²) in [7, 11) is 0. The summed E-state index contributed by atoms with van der Waals surface area (Å²) in [6.07, 6.45) is 1.35. The summed E-state index contributed by atoms with van der Waals surface area (Å²) in [5.74, 6) is -3.39. The Morgan fingerprint density at radius 3 is 2.39 bits per heavy atom. The van der Waals surface area contributed by atoms with E-state index < -0.39 is 47.9 Å². The zero-order valence-corrected chi connectivity index (χ0v) is 21.4. The molecule has 0 saturated carbocycles. The zero-order chi connectivity index (χ0) is 28.2. The topological polar surface area (TPSA) is 194 Å². The molecular weight excluding hydrogens is 498 g/mol. The quantitative estimate of drug-likeness (QED) is 0.268. The van der Waals surface area contributed by atoms with E-state index in [1.165, 1.54) is 25.3 Å². The Morgan fingerprint density at radius 2 is 1.82 bits per heavy atom. The number of amides is 2. The molecule has 1 atom stereocenters. The maximum absolute atomic E-state index is 13.2. The number of fused-ring (bicyclic) bond motifs is 1. The van der Waals surface area contributed by atoms with Gasteiger partial charge in [-0.05, 0) is 37.5 Å². The number of carbonyl (C=O) groups excluding carboxylic acids is 2. The molecule has 4 N–H and O–H groups in total. The van der Waals surface area contributed by atoms with Crippen LogP contribution in [0.2, 0.25) is 0 Å². The standard InChI is InChI=1S/C25H29N5O8/c1-5-25(6-2,27-14(4)31)20-12-30(29-28-20)18(11-22(34)35)23(36)26-15-7-8-16-13(3)17(10-21(32)33)24(37)38-19(16)9-15/h7-9,12,18H,5-6,10-11H2,1-4H3,(H,26,36)(H,27,31)(H,32,33)(H,34,35). The first-order valence-corrected chi connectivity index (χ1v) is 11.9. The van der Waals surface area contributed by atoms with E-state index in [-0.39, 0.29) is 22.7 Å². The number of hydrogen-bond donors (Lipinski definition) is 4. The van der Waals surface area contributed by atoms with E-state index in [0.29, 0.717) is 29.5 Å². The number of carbonyl (C=O) groups is 4. The van der Waals surface area contributed by atoms with Crippen LogP contribution in [0, 0.1) is 6.92 Å². The second kappa shape index (κ2) is 11.2. The number of aromatic nitrogens is 3. The van der Waals surface area contributed by atoms with Gasteiger partial charge in [-0.25, -0.2) is 9.48 Å². The van der Waals surface area contributed by atoms with Gasteiger partial charge in [-0.2, -0.15) is 0 Å². The number of anilines is 1. The van der Waals surface area contributed by atoms with Crippen molar-refractivity contribution in [1.29, 1.82) is 0 Å². The molecule has 2 amide bonds. The molecule has 38 heavy (non-hydrogen) atoms. The molecule has 1 aromatic carbocycles. The number of aliphatic carboxylic acids is 2. The van der Waals surface area contributed by atoms with Gasteiger partial charge in [0, 0.05) is 24.1 Å². The molecule has 0 bridgehead atoms. The van der Waals surface area contributed by atoms with Gasteiger partial charge in [0.1, 0.15) is 17.3 Å². The minimum Gasteiger partial charge on any atom is -0.481 e. The summed E-state index contributed by atoms with van der Waals surface area (Å²) < 4.78 is 6.42. The van der Waals surface area contributed by atoms with Crippen LogP contribution in [0.1, 0.15) is 62.9 Å².